The van der Waals surface area contributed by atoms with Gasteiger partial charge in [-0.25, -0.2) is 0 Å². The van der Waals surface area contributed by atoms with Crippen LogP contribution < -0.4 is 9.47 Å². The molecule has 0 spiro atoms. The third-order valence-electron chi connectivity index (χ3n) is 1.85. The van der Waals surface area contributed by atoms with Crippen LogP contribution in [0.1, 0.15) is 13.3 Å². The van der Waals surface area contributed by atoms with Crippen LogP contribution in [0.5, 0.6) is 11.5 Å². The van der Waals surface area contributed by atoms with Gasteiger partial charge < -0.3 is 9.47 Å². The zero-order valence-electron chi connectivity index (χ0n) is 8.75. The van der Waals surface area contributed by atoms with Gasteiger partial charge in [0.1, 0.15) is 17.3 Å². The quantitative estimate of drug-likeness (QED) is 0.777. The van der Waals surface area contributed by atoms with E-state index in [2.05, 4.69) is 0 Å². The molecular weight excluding hydrogens is 216 g/mol. The Bertz CT molecular complexity index is 350. The Morgan fingerprint density at radius 3 is 2.73 bits per heavy atom. The van der Waals surface area contributed by atoms with Crippen LogP contribution in [-0.4, -0.2) is 19.5 Å². The molecule has 0 saturated heterocycles. The molecule has 4 heteroatoms. The van der Waals surface area contributed by atoms with E-state index in [-0.39, 0.29) is 5.78 Å². The number of rotatable bonds is 5. The fourth-order valence-electron chi connectivity index (χ4n) is 1.03. The number of ketones is 1. The van der Waals surface area contributed by atoms with Crippen molar-refractivity contribution >= 4 is 17.4 Å². The molecule has 0 aliphatic carbocycles. The lowest BCUT2D eigenvalue weighted by atomic mass is 10.3. The van der Waals surface area contributed by atoms with E-state index in [1.54, 1.807) is 25.3 Å². The summed E-state index contributed by atoms with van der Waals surface area (Å²) in [5, 5.41) is 0.484. The SMILES string of the molecule is COc1ccc(OCCC(C)=O)c(Cl)c1. The molecule has 0 radical (unpaired) electrons. The average Bonchev–Trinajstić information content (AvgIpc) is 2.20. The number of ether oxygens (including phenoxy) is 2. The van der Waals surface area contributed by atoms with Gasteiger partial charge in [-0.2, -0.15) is 0 Å². The molecule has 0 heterocycles. The van der Waals surface area contributed by atoms with Gasteiger partial charge in [0, 0.05) is 12.5 Å². The molecule has 3 nitrogen and oxygen atoms in total. The number of Topliss-reactive ketones (excluding diaryl/α,β-unsaturated/α-hetero) is 1. The van der Waals surface area contributed by atoms with Gasteiger partial charge in [-0.15, -0.1) is 0 Å². The molecule has 0 saturated carbocycles. The average molecular weight is 229 g/mol. The highest BCUT2D eigenvalue weighted by atomic mass is 35.5. The number of halogens is 1. The molecule has 0 aromatic heterocycles. The number of carbonyl (C=O) groups is 1. The van der Waals surface area contributed by atoms with E-state index < -0.39 is 0 Å². The molecule has 0 amide bonds. The fraction of sp³-hybridized carbons (Fsp3) is 0.364. The van der Waals surface area contributed by atoms with Crippen LogP contribution in [0.15, 0.2) is 18.2 Å². The second kappa shape index (κ2) is 5.61. The van der Waals surface area contributed by atoms with Crippen molar-refractivity contribution in [1.82, 2.24) is 0 Å². The molecule has 82 valence electrons. The van der Waals surface area contributed by atoms with Crippen molar-refractivity contribution in [2.45, 2.75) is 13.3 Å². The Morgan fingerprint density at radius 1 is 1.47 bits per heavy atom. The van der Waals surface area contributed by atoms with Crippen LogP contribution in [0.3, 0.4) is 0 Å². The van der Waals surface area contributed by atoms with Crippen molar-refractivity contribution < 1.29 is 14.3 Å². The van der Waals surface area contributed by atoms with Crippen molar-refractivity contribution in [3.63, 3.8) is 0 Å². The highest BCUT2D eigenvalue weighted by molar-refractivity contribution is 6.32. The monoisotopic (exact) mass is 228 g/mol. The van der Waals surface area contributed by atoms with E-state index in [0.29, 0.717) is 29.5 Å². The van der Waals surface area contributed by atoms with E-state index in [4.69, 9.17) is 21.1 Å². The molecule has 0 fully saturated rings. The minimum absolute atomic E-state index is 0.0969. The van der Waals surface area contributed by atoms with Crippen LogP contribution in [0.25, 0.3) is 0 Å². The van der Waals surface area contributed by atoms with Crippen LogP contribution in [0.4, 0.5) is 0 Å². The molecule has 0 aliphatic heterocycles. The summed E-state index contributed by atoms with van der Waals surface area (Å²) in [6, 6.07) is 5.15. The maximum absolute atomic E-state index is 10.7. The number of carbonyl (C=O) groups excluding carboxylic acids is 1. The lowest BCUT2D eigenvalue weighted by Crippen LogP contribution is -2.02. The molecule has 0 aliphatic rings. The van der Waals surface area contributed by atoms with Gasteiger partial charge in [0.2, 0.25) is 0 Å². The Balaban J connectivity index is 2.58. The van der Waals surface area contributed by atoms with Gasteiger partial charge in [0.15, 0.2) is 0 Å². The number of hydrogen-bond acceptors (Lipinski definition) is 3. The third-order valence-corrected chi connectivity index (χ3v) is 2.15. The molecule has 15 heavy (non-hydrogen) atoms. The standard InChI is InChI=1S/C11H13ClO3/c1-8(13)5-6-15-11-4-3-9(14-2)7-10(11)12/h3-4,7H,5-6H2,1-2H3. The van der Waals surface area contributed by atoms with Gasteiger partial charge in [-0.05, 0) is 19.1 Å². The molecule has 1 rings (SSSR count). The van der Waals surface area contributed by atoms with E-state index in [9.17, 15) is 4.79 Å². The number of hydrogen-bond donors (Lipinski definition) is 0. The summed E-state index contributed by atoms with van der Waals surface area (Å²) in [5.74, 6) is 1.34. The van der Waals surface area contributed by atoms with Crippen LogP contribution in [0.2, 0.25) is 5.02 Å². The molecular formula is C11H13ClO3. The van der Waals surface area contributed by atoms with E-state index >= 15 is 0 Å². The van der Waals surface area contributed by atoms with Gasteiger partial charge in [-0.3, -0.25) is 4.79 Å². The van der Waals surface area contributed by atoms with Gasteiger partial charge >= 0.3 is 0 Å². The minimum atomic E-state index is 0.0969. The molecule has 0 N–H and O–H groups in total. The Morgan fingerprint density at radius 2 is 2.20 bits per heavy atom. The molecule has 0 bridgehead atoms. The maximum Gasteiger partial charge on any atom is 0.138 e. The summed E-state index contributed by atoms with van der Waals surface area (Å²) in [5.41, 5.74) is 0. The molecule has 1 aromatic carbocycles. The first-order chi connectivity index (χ1) is 7.13. The van der Waals surface area contributed by atoms with E-state index in [1.807, 2.05) is 0 Å². The zero-order chi connectivity index (χ0) is 11.3. The van der Waals surface area contributed by atoms with Crippen molar-refractivity contribution in [2.75, 3.05) is 13.7 Å². The van der Waals surface area contributed by atoms with Gasteiger partial charge in [-0.1, -0.05) is 11.6 Å². The first kappa shape index (κ1) is 11.9. The topological polar surface area (TPSA) is 35.5 Å². The van der Waals surface area contributed by atoms with Crippen molar-refractivity contribution in [2.24, 2.45) is 0 Å². The molecule has 0 atom stereocenters. The minimum Gasteiger partial charge on any atom is -0.497 e. The lowest BCUT2D eigenvalue weighted by molar-refractivity contribution is -0.117. The van der Waals surface area contributed by atoms with Crippen molar-refractivity contribution in [3.05, 3.63) is 23.2 Å². The Labute approximate surface area is 93.9 Å². The van der Waals surface area contributed by atoms with Crippen molar-refractivity contribution in [3.8, 4) is 11.5 Å². The maximum atomic E-state index is 10.7. The predicted molar refractivity (Wildman–Crippen MR) is 58.8 cm³/mol. The highest BCUT2D eigenvalue weighted by Gasteiger charge is 2.03. The third kappa shape index (κ3) is 3.80. The lowest BCUT2D eigenvalue weighted by Gasteiger charge is -2.08. The summed E-state index contributed by atoms with van der Waals surface area (Å²) in [6.45, 7) is 1.88. The van der Waals surface area contributed by atoms with E-state index in [1.165, 1.54) is 6.92 Å². The zero-order valence-corrected chi connectivity index (χ0v) is 9.50. The fourth-order valence-corrected chi connectivity index (χ4v) is 1.26. The predicted octanol–water partition coefficient (Wildman–Crippen LogP) is 2.71. The first-order valence-electron chi connectivity index (χ1n) is 4.59. The molecule has 0 unspecified atom stereocenters. The number of benzene rings is 1. The van der Waals surface area contributed by atoms with E-state index in [0.717, 1.165) is 0 Å². The van der Waals surface area contributed by atoms with Gasteiger partial charge in [0.25, 0.3) is 0 Å². The number of methoxy groups -OCH3 is 1. The molecule has 1 aromatic rings. The highest BCUT2D eigenvalue weighted by Crippen LogP contribution is 2.28. The summed E-state index contributed by atoms with van der Waals surface area (Å²) in [7, 11) is 1.57. The second-order valence-corrected chi connectivity index (χ2v) is 3.50. The second-order valence-electron chi connectivity index (χ2n) is 3.10. The van der Waals surface area contributed by atoms with Crippen LogP contribution >= 0.6 is 11.6 Å². The summed E-state index contributed by atoms with van der Waals surface area (Å²) >= 11 is 5.93. The summed E-state index contributed by atoms with van der Waals surface area (Å²) in [6.07, 6.45) is 0.391. The van der Waals surface area contributed by atoms with Crippen molar-refractivity contribution in [1.29, 1.82) is 0 Å². The first-order valence-corrected chi connectivity index (χ1v) is 4.97. The largest absolute Gasteiger partial charge is 0.497 e. The smallest absolute Gasteiger partial charge is 0.138 e. The van der Waals surface area contributed by atoms with Crippen LogP contribution in [0, 0.1) is 0 Å². The normalized spacial score (nSPS) is 9.80. The Hall–Kier alpha value is -1.22. The Kier molecular flexibility index (Phi) is 4.43. The summed E-state index contributed by atoms with van der Waals surface area (Å²) in [4.78, 5) is 10.7. The van der Waals surface area contributed by atoms with Crippen LogP contribution in [-0.2, 0) is 4.79 Å². The van der Waals surface area contributed by atoms with Gasteiger partial charge in [0.05, 0.1) is 18.7 Å². The summed E-state index contributed by atoms with van der Waals surface area (Å²) < 4.78 is 10.3.